The summed E-state index contributed by atoms with van der Waals surface area (Å²) in [5, 5.41) is 0. The minimum Gasteiger partial charge on any atom is -0.476 e. The maximum atomic E-state index is 5.91. The smallest absolute Gasteiger partial charge is 0.217 e. The molecule has 1 aliphatic heterocycles. The van der Waals surface area contributed by atoms with E-state index in [2.05, 4.69) is 14.9 Å². The highest BCUT2D eigenvalue weighted by Gasteiger charge is 2.13. The van der Waals surface area contributed by atoms with Crippen molar-refractivity contribution in [2.75, 3.05) is 50.1 Å². The largest absolute Gasteiger partial charge is 0.476 e. The van der Waals surface area contributed by atoms with Gasteiger partial charge in [0.05, 0.1) is 19.8 Å². The molecule has 0 radical (unpaired) electrons. The van der Waals surface area contributed by atoms with Crippen molar-refractivity contribution in [2.24, 2.45) is 4.99 Å². The van der Waals surface area contributed by atoms with Crippen molar-refractivity contribution in [1.29, 1.82) is 0 Å². The Hall–Kier alpha value is -1.82. The van der Waals surface area contributed by atoms with Gasteiger partial charge >= 0.3 is 0 Å². The van der Waals surface area contributed by atoms with Gasteiger partial charge in [0.2, 0.25) is 5.88 Å². The van der Waals surface area contributed by atoms with Crippen LogP contribution in [0.25, 0.3) is 0 Å². The normalized spacial score (nSPS) is 18.8. The summed E-state index contributed by atoms with van der Waals surface area (Å²) in [6.07, 6.45) is 6.20. The fourth-order valence-corrected chi connectivity index (χ4v) is 3.06. The van der Waals surface area contributed by atoms with Crippen molar-refractivity contribution in [1.82, 2.24) is 4.98 Å². The quantitative estimate of drug-likeness (QED) is 0.843. The summed E-state index contributed by atoms with van der Waals surface area (Å²) in [4.78, 5) is 11.1. The van der Waals surface area contributed by atoms with Gasteiger partial charge in [-0.05, 0) is 25.7 Å². The predicted molar refractivity (Wildman–Crippen MR) is 92.6 cm³/mol. The zero-order valence-corrected chi connectivity index (χ0v) is 13.7. The van der Waals surface area contributed by atoms with Crippen LogP contribution >= 0.6 is 0 Å². The summed E-state index contributed by atoms with van der Waals surface area (Å²) in [6, 6.07) is 3.84. The van der Waals surface area contributed by atoms with Crippen LogP contribution in [0.5, 0.6) is 5.88 Å². The third-order valence-electron chi connectivity index (χ3n) is 4.29. The lowest BCUT2D eigenvalue weighted by Crippen LogP contribution is -2.36. The summed E-state index contributed by atoms with van der Waals surface area (Å²) in [5.41, 5.74) is 8.30. The SMILES string of the molecule is Nc1cc(N2CCOCC2)cc(OCCN=C2CCCCC2)n1. The number of aromatic nitrogens is 1. The molecular formula is C17H26N4O2. The Morgan fingerprint density at radius 3 is 2.74 bits per heavy atom. The minimum absolute atomic E-state index is 0.489. The molecule has 2 fully saturated rings. The van der Waals surface area contributed by atoms with Gasteiger partial charge in [0.15, 0.2) is 0 Å². The Bertz CT molecular complexity index is 533. The molecular weight excluding hydrogens is 292 g/mol. The number of hydrogen-bond acceptors (Lipinski definition) is 6. The van der Waals surface area contributed by atoms with E-state index in [4.69, 9.17) is 15.2 Å². The van der Waals surface area contributed by atoms with Crippen molar-refractivity contribution in [2.45, 2.75) is 32.1 Å². The zero-order valence-electron chi connectivity index (χ0n) is 13.7. The first kappa shape index (κ1) is 16.1. The molecule has 1 saturated carbocycles. The Labute approximate surface area is 137 Å². The highest BCUT2D eigenvalue weighted by molar-refractivity contribution is 5.84. The summed E-state index contributed by atoms with van der Waals surface area (Å²) >= 11 is 0. The number of pyridine rings is 1. The molecule has 23 heavy (non-hydrogen) atoms. The van der Waals surface area contributed by atoms with Crippen molar-refractivity contribution in [3.63, 3.8) is 0 Å². The number of aliphatic imine (C=N–C) groups is 1. The number of nitrogen functional groups attached to an aromatic ring is 1. The summed E-state index contributed by atoms with van der Waals surface area (Å²) in [7, 11) is 0. The summed E-state index contributed by atoms with van der Waals surface area (Å²) in [5.74, 6) is 1.07. The lowest BCUT2D eigenvalue weighted by Gasteiger charge is -2.29. The minimum atomic E-state index is 0.489. The van der Waals surface area contributed by atoms with E-state index in [9.17, 15) is 0 Å². The third kappa shape index (κ3) is 4.82. The maximum absolute atomic E-state index is 5.91. The Morgan fingerprint density at radius 2 is 1.96 bits per heavy atom. The molecule has 0 bridgehead atoms. The standard InChI is InChI=1S/C17H26N4O2/c18-16-12-15(21-7-10-22-11-8-21)13-17(20-16)23-9-6-19-14-4-2-1-3-5-14/h12-13H,1-11H2,(H2,18,20). The first-order chi connectivity index (χ1) is 11.3. The molecule has 1 aromatic rings. The number of nitrogens with two attached hydrogens (primary N) is 1. The molecule has 6 heteroatoms. The molecule has 2 N–H and O–H groups in total. The van der Waals surface area contributed by atoms with Crippen LogP contribution in [-0.2, 0) is 4.74 Å². The van der Waals surface area contributed by atoms with E-state index in [0.717, 1.165) is 44.8 Å². The second kappa shape index (κ2) is 8.15. The van der Waals surface area contributed by atoms with Crippen molar-refractivity contribution < 1.29 is 9.47 Å². The number of nitrogens with zero attached hydrogens (tertiary/aromatic N) is 3. The average Bonchev–Trinajstić information content (AvgIpc) is 2.60. The van der Waals surface area contributed by atoms with Gasteiger partial charge in [0, 0.05) is 36.6 Å². The lowest BCUT2D eigenvalue weighted by atomic mass is 9.99. The van der Waals surface area contributed by atoms with Gasteiger partial charge in [-0.1, -0.05) is 6.42 Å². The molecule has 1 saturated heterocycles. The highest BCUT2D eigenvalue weighted by atomic mass is 16.5. The molecule has 0 unspecified atom stereocenters. The van der Waals surface area contributed by atoms with Gasteiger partial charge in [-0.15, -0.1) is 0 Å². The molecule has 1 aliphatic carbocycles. The van der Waals surface area contributed by atoms with E-state index in [-0.39, 0.29) is 0 Å². The Kier molecular flexibility index (Phi) is 5.69. The molecule has 3 rings (SSSR count). The first-order valence-electron chi connectivity index (χ1n) is 8.56. The van der Waals surface area contributed by atoms with Gasteiger partial charge in [-0.2, -0.15) is 4.98 Å². The van der Waals surface area contributed by atoms with Crippen LogP contribution in [0.3, 0.4) is 0 Å². The van der Waals surface area contributed by atoms with Gasteiger partial charge in [-0.25, -0.2) is 0 Å². The zero-order chi connectivity index (χ0) is 15.9. The summed E-state index contributed by atoms with van der Waals surface area (Å²) in [6.45, 7) is 4.47. The number of anilines is 2. The van der Waals surface area contributed by atoms with Gasteiger partial charge in [-0.3, -0.25) is 4.99 Å². The molecule has 0 aromatic carbocycles. The van der Waals surface area contributed by atoms with E-state index in [1.54, 1.807) is 0 Å². The Balaban J connectivity index is 1.53. The van der Waals surface area contributed by atoms with Crippen LogP contribution in [0.2, 0.25) is 0 Å². The molecule has 0 atom stereocenters. The van der Waals surface area contributed by atoms with E-state index in [1.165, 1.54) is 25.0 Å². The molecule has 2 heterocycles. The van der Waals surface area contributed by atoms with Gasteiger partial charge in [0.25, 0.3) is 0 Å². The fraction of sp³-hybridized carbons (Fsp3) is 0.647. The second-order valence-electron chi connectivity index (χ2n) is 6.04. The second-order valence-corrected chi connectivity index (χ2v) is 6.04. The van der Waals surface area contributed by atoms with Crippen LogP contribution in [0.15, 0.2) is 17.1 Å². The summed E-state index contributed by atoms with van der Waals surface area (Å²) < 4.78 is 11.1. The van der Waals surface area contributed by atoms with Crippen LogP contribution in [0.1, 0.15) is 32.1 Å². The number of ether oxygens (including phenoxy) is 2. The van der Waals surface area contributed by atoms with E-state index in [0.29, 0.717) is 24.8 Å². The fourth-order valence-electron chi connectivity index (χ4n) is 3.06. The van der Waals surface area contributed by atoms with Crippen molar-refractivity contribution in [3.8, 4) is 5.88 Å². The average molecular weight is 318 g/mol. The van der Waals surface area contributed by atoms with E-state index >= 15 is 0 Å². The van der Waals surface area contributed by atoms with E-state index in [1.807, 2.05) is 12.1 Å². The van der Waals surface area contributed by atoms with Gasteiger partial charge < -0.3 is 20.1 Å². The lowest BCUT2D eigenvalue weighted by molar-refractivity contribution is 0.122. The Morgan fingerprint density at radius 1 is 1.17 bits per heavy atom. The first-order valence-corrected chi connectivity index (χ1v) is 8.56. The maximum Gasteiger partial charge on any atom is 0.217 e. The van der Waals surface area contributed by atoms with Crippen LogP contribution < -0.4 is 15.4 Å². The van der Waals surface area contributed by atoms with Crippen molar-refractivity contribution in [3.05, 3.63) is 12.1 Å². The molecule has 126 valence electrons. The number of morpholine rings is 1. The van der Waals surface area contributed by atoms with Crippen LogP contribution in [-0.4, -0.2) is 50.2 Å². The monoisotopic (exact) mass is 318 g/mol. The topological polar surface area (TPSA) is 73.0 Å². The van der Waals surface area contributed by atoms with E-state index < -0.39 is 0 Å². The number of hydrogen-bond donors (Lipinski definition) is 1. The van der Waals surface area contributed by atoms with Gasteiger partial charge in [0.1, 0.15) is 12.4 Å². The highest BCUT2D eigenvalue weighted by Crippen LogP contribution is 2.23. The molecule has 0 spiro atoms. The third-order valence-corrected chi connectivity index (χ3v) is 4.29. The van der Waals surface area contributed by atoms with Crippen molar-refractivity contribution >= 4 is 17.2 Å². The molecule has 6 nitrogen and oxygen atoms in total. The predicted octanol–water partition coefficient (Wildman–Crippen LogP) is 2.28. The molecule has 2 aliphatic rings. The van der Waals surface area contributed by atoms with Crippen LogP contribution in [0.4, 0.5) is 11.5 Å². The molecule has 1 aromatic heterocycles. The van der Waals surface area contributed by atoms with Crippen LogP contribution in [0, 0.1) is 0 Å². The number of rotatable bonds is 5. The molecule has 0 amide bonds.